The second-order valence-corrected chi connectivity index (χ2v) is 2.58. The molecule has 2 radical (unpaired) electrons. The van der Waals surface area contributed by atoms with Crippen LogP contribution in [-0.4, -0.2) is 13.6 Å². The predicted octanol–water partition coefficient (Wildman–Crippen LogP) is 0.612. The van der Waals surface area contributed by atoms with E-state index < -0.39 is 0 Å². The minimum Gasteiger partial charge on any atom is -0.300 e. The molecule has 0 N–H and O–H groups in total. The quantitative estimate of drug-likeness (QED) is 0.555. The molecule has 0 saturated carbocycles. The van der Waals surface area contributed by atoms with E-state index in [9.17, 15) is 4.79 Å². The number of benzene rings is 1. The number of ketones is 1. The first-order valence-corrected chi connectivity index (χ1v) is 3.53. The summed E-state index contributed by atoms with van der Waals surface area (Å²) in [6, 6.07) is 7.42. The number of rotatable bonds is 2. The molecule has 1 nitrogen and oxygen atoms in total. The van der Waals surface area contributed by atoms with E-state index in [-0.39, 0.29) is 5.78 Å². The van der Waals surface area contributed by atoms with Crippen molar-refractivity contribution >= 4 is 19.1 Å². The average molecular weight is 144 g/mol. The van der Waals surface area contributed by atoms with Gasteiger partial charge in [-0.15, -0.1) is 0 Å². The normalized spacial score (nSPS) is 9.55. The fraction of sp³-hybridized carbons (Fsp3) is 0.222. The third kappa shape index (κ3) is 2.22. The van der Waals surface area contributed by atoms with Gasteiger partial charge in [0.1, 0.15) is 13.6 Å². The van der Waals surface area contributed by atoms with E-state index in [2.05, 4.69) is 0 Å². The average Bonchev–Trinajstić information content (AvgIpc) is 1.93. The van der Waals surface area contributed by atoms with Crippen molar-refractivity contribution in [3.63, 3.8) is 0 Å². The van der Waals surface area contributed by atoms with Gasteiger partial charge in [-0.2, -0.15) is 0 Å². The topological polar surface area (TPSA) is 17.1 Å². The first-order chi connectivity index (χ1) is 5.20. The summed E-state index contributed by atoms with van der Waals surface area (Å²) >= 11 is 0. The highest BCUT2D eigenvalue weighted by Crippen LogP contribution is 1.95. The Balaban J connectivity index is 2.86. The van der Waals surface area contributed by atoms with Crippen LogP contribution in [0.2, 0.25) is 0 Å². The molecule has 0 aliphatic rings. The molecular weight excluding hydrogens is 135 g/mol. The molecule has 0 aliphatic heterocycles. The molecule has 0 heterocycles. The number of carbonyl (C=O) groups excluding carboxylic acids is 1. The van der Waals surface area contributed by atoms with Gasteiger partial charge in [-0.25, -0.2) is 0 Å². The van der Waals surface area contributed by atoms with Crippen LogP contribution in [0, 0.1) is 0 Å². The first kappa shape index (κ1) is 8.06. The summed E-state index contributed by atoms with van der Waals surface area (Å²) in [6.07, 6.45) is 0.437. The fourth-order valence-corrected chi connectivity index (χ4v) is 0.963. The highest BCUT2D eigenvalue weighted by molar-refractivity contribution is 6.33. The van der Waals surface area contributed by atoms with Gasteiger partial charge in [0, 0.05) is 6.42 Å². The van der Waals surface area contributed by atoms with E-state index in [1.54, 1.807) is 13.0 Å². The third-order valence-electron chi connectivity index (χ3n) is 1.49. The molecule has 1 aromatic rings. The van der Waals surface area contributed by atoms with Crippen LogP contribution in [0.15, 0.2) is 24.3 Å². The van der Waals surface area contributed by atoms with Gasteiger partial charge in [-0.3, -0.25) is 4.79 Å². The molecule has 0 fully saturated rings. The Hall–Kier alpha value is -1.05. The van der Waals surface area contributed by atoms with Crippen LogP contribution in [0.3, 0.4) is 0 Å². The van der Waals surface area contributed by atoms with Crippen LogP contribution in [0.4, 0.5) is 0 Å². The highest BCUT2D eigenvalue weighted by atomic mass is 16.1. The number of hydrogen-bond donors (Lipinski definition) is 0. The van der Waals surface area contributed by atoms with Gasteiger partial charge >= 0.3 is 0 Å². The molecule has 2 heteroatoms. The summed E-state index contributed by atoms with van der Waals surface area (Å²) in [6.45, 7) is 1.56. The smallest absolute Gasteiger partial charge is 0.134 e. The van der Waals surface area contributed by atoms with Crippen LogP contribution in [-0.2, 0) is 11.2 Å². The minimum absolute atomic E-state index is 0.142. The minimum atomic E-state index is 0.142. The van der Waals surface area contributed by atoms with Crippen molar-refractivity contribution in [3.8, 4) is 0 Å². The van der Waals surface area contributed by atoms with Gasteiger partial charge in [0.2, 0.25) is 0 Å². The molecule has 1 rings (SSSR count). The number of hydrogen-bond acceptors (Lipinski definition) is 1. The second-order valence-electron chi connectivity index (χ2n) is 2.58. The molecule has 0 aromatic heterocycles. The molecule has 0 bridgehead atoms. The van der Waals surface area contributed by atoms with E-state index in [1.165, 1.54) is 0 Å². The second kappa shape index (κ2) is 3.38. The van der Waals surface area contributed by atoms with Gasteiger partial charge in [0.15, 0.2) is 0 Å². The molecule has 54 valence electrons. The maximum Gasteiger partial charge on any atom is 0.134 e. The fourth-order valence-electron chi connectivity index (χ4n) is 0.963. The molecule has 0 amide bonds. The third-order valence-corrected chi connectivity index (χ3v) is 1.49. The van der Waals surface area contributed by atoms with E-state index in [0.717, 1.165) is 5.56 Å². The largest absolute Gasteiger partial charge is 0.300 e. The van der Waals surface area contributed by atoms with Crippen molar-refractivity contribution in [1.29, 1.82) is 0 Å². The summed E-state index contributed by atoms with van der Waals surface area (Å²) in [4.78, 5) is 10.7. The Morgan fingerprint density at radius 1 is 1.45 bits per heavy atom. The van der Waals surface area contributed by atoms with Gasteiger partial charge in [-0.05, 0) is 12.5 Å². The predicted molar refractivity (Wildman–Crippen MR) is 46.2 cm³/mol. The Labute approximate surface area is 67.8 Å². The first-order valence-electron chi connectivity index (χ1n) is 3.53. The van der Waals surface area contributed by atoms with Gasteiger partial charge in [0.25, 0.3) is 0 Å². The van der Waals surface area contributed by atoms with Crippen molar-refractivity contribution in [1.82, 2.24) is 0 Å². The van der Waals surface area contributed by atoms with Crippen molar-refractivity contribution in [2.45, 2.75) is 13.3 Å². The Morgan fingerprint density at radius 3 is 2.64 bits per heavy atom. The molecule has 0 aliphatic carbocycles. The lowest BCUT2D eigenvalue weighted by Crippen LogP contribution is -2.12. The van der Waals surface area contributed by atoms with E-state index in [0.29, 0.717) is 11.9 Å². The molecule has 0 unspecified atom stereocenters. The van der Waals surface area contributed by atoms with Crippen molar-refractivity contribution in [2.24, 2.45) is 0 Å². The Morgan fingerprint density at radius 2 is 2.09 bits per heavy atom. The van der Waals surface area contributed by atoms with Crippen LogP contribution in [0.1, 0.15) is 12.5 Å². The van der Waals surface area contributed by atoms with Gasteiger partial charge in [-0.1, -0.05) is 29.7 Å². The lowest BCUT2D eigenvalue weighted by molar-refractivity contribution is -0.116. The molecule has 0 atom stereocenters. The van der Waals surface area contributed by atoms with E-state index >= 15 is 0 Å². The lowest BCUT2D eigenvalue weighted by Gasteiger charge is -2.01. The number of Topliss-reactive ketones (excluding diaryl/α,β-unsaturated/α-hetero) is 1. The maximum absolute atomic E-state index is 10.7. The summed E-state index contributed by atoms with van der Waals surface area (Å²) in [5, 5.41) is 0. The van der Waals surface area contributed by atoms with Crippen LogP contribution < -0.4 is 5.46 Å². The zero-order valence-electron chi connectivity index (χ0n) is 6.50. The monoisotopic (exact) mass is 144 g/mol. The number of carbonyl (C=O) groups is 1. The molecule has 1 aromatic carbocycles. The summed E-state index contributed by atoms with van der Waals surface area (Å²) in [5.41, 5.74) is 1.61. The van der Waals surface area contributed by atoms with Gasteiger partial charge < -0.3 is 0 Å². The lowest BCUT2D eigenvalue weighted by atomic mass is 9.89. The SMILES string of the molecule is [B]c1ccccc1CC(C)=O. The summed E-state index contributed by atoms with van der Waals surface area (Å²) in [7, 11) is 5.62. The molecule has 0 saturated heterocycles. The van der Waals surface area contributed by atoms with Crippen molar-refractivity contribution < 1.29 is 4.79 Å². The Kier molecular flexibility index (Phi) is 2.47. The van der Waals surface area contributed by atoms with Crippen molar-refractivity contribution in [2.75, 3.05) is 0 Å². The summed E-state index contributed by atoms with van der Waals surface area (Å²) < 4.78 is 0. The molecule has 0 spiro atoms. The standard InChI is InChI=1S/C9H9BO/c1-7(11)6-8-4-2-3-5-9(8)10/h2-5H,6H2,1H3. The molecular formula is C9H9BO. The van der Waals surface area contributed by atoms with Gasteiger partial charge in [0.05, 0.1) is 0 Å². The highest BCUT2D eigenvalue weighted by Gasteiger charge is 1.98. The van der Waals surface area contributed by atoms with Crippen LogP contribution in [0.25, 0.3) is 0 Å². The maximum atomic E-state index is 10.7. The zero-order valence-corrected chi connectivity index (χ0v) is 6.50. The van der Waals surface area contributed by atoms with E-state index in [4.69, 9.17) is 7.85 Å². The van der Waals surface area contributed by atoms with Crippen LogP contribution >= 0.6 is 0 Å². The van der Waals surface area contributed by atoms with Crippen LogP contribution in [0.5, 0.6) is 0 Å². The zero-order chi connectivity index (χ0) is 8.27. The Bertz CT molecular complexity index is 268. The summed E-state index contributed by atoms with van der Waals surface area (Å²) in [5.74, 6) is 0.142. The molecule has 11 heavy (non-hydrogen) atoms. The van der Waals surface area contributed by atoms with Crippen molar-refractivity contribution in [3.05, 3.63) is 29.8 Å². The van der Waals surface area contributed by atoms with E-state index in [1.807, 2.05) is 18.2 Å².